The molecule has 166 valence electrons. The average molecular weight is 471 g/mol. The predicted octanol–water partition coefficient (Wildman–Crippen LogP) is 3.56. The van der Waals surface area contributed by atoms with Crippen molar-refractivity contribution in [2.75, 3.05) is 20.0 Å². The van der Waals surface area contributed by atoms with Crippen LogP contribution in [0.5, 0.6) is 11.5 Å². The first-order valence-electron chi connectivity index (χ1n) is 10.2. The third kappa shape index (κ3) is 4.09. The second-order valence-electron chi connectivity index (χ2n) is 7.52. The lowest BCUT2D eigenvalue weighted by atomic mass is 10.0. The second kappa shape index (κ2) is 8.91. The van der Waals surface area contributed by atoms with Gasteiger partial charge in [-0.2, -0.15) is 5.10 Å². The van der Waals surface area contributed by atoms with Crippen LogP contribution < -0.4 is 9.47 Å². The fraction of sp³-hybridized carbons (Fsp3) is 0.381. The van der Waals surface area contributed by atoms with Crippen LogP contribution in [0, 0.1) is 0 Å². The van der Waals surface area contributed by atoms with Crippen molar-refractivity contribution >= 4 is 34.7 Å². The molecule has 32 heavy (non-hydrogen) atoms. The normalized spacial score (nSPS) is 18.0. The molecule has 0 N–H and O–H groups in total. The predicted molar refractivity (Wildman–Crippen MR) is 121 cm³/mol. The third-order valence-electron chi connectivity index (χ3n) is 5.44. The zero-order valence-electron chi connectivity index (χ0n) is 17.7. The third-order valence-corrected chi connectivity index (χ3v) is 7.28. The Morgan fingerprint density at radius 1 is 1.22 bits per heavy atom. The van der Waals surface area contributed by atoms with E-state index < -0.39 is 0 Å². The van der Waals surface area contributed by atoms with Crippen molar-refractivity contribution in [3.05, 3.63) is 46.2 Å². The van der Waals surface area contributed by atoms with E-state index in [-0.39, 0.29) is 17.7 Å². The van der Waals surface area contributed by atoms with Gasteiger partial charge in [-0.05, 0) is 52.4 Å². The van der Waals surface area contributed by atoms with Gasteiger partial charge in [0, 0.05) is 6.42 Å². The summed E-state index contributed by atoms with van der Waals surface area (Å²) in [5.41, 5.74) is 1.85. The summed E-state index contributed by atoms with van der Waals surface area (Å²) in [5, 5.41) is 20.9. The number of hydrogen-bond acceptors (Lipinski definition) is 9. The summed E-state index contributed by atoms with van der Waals surface area (Å²) in [4.78, 5) is 14.3. The van der Waals surface area contributed by atoms with Gasteiger partial charge in [-0.3, -0.25) is 4.79 Å². The molecule has 0 radical (unpaired) electrons. The molecule has 3 aromatic rings. The molecular formula is C21H22N6O3S2. The van der Waals surface area contributed by atoms with Crippen LogP contribution in [0.25, 0.3) is 0 Å². The van der Waals surface area contributed by atoms with Crippen molar-refractivity contribution in [3.63, 3.8) is 0 Å². The smallest absolute Gasteiger partial charge is 0.253 e. The van der Waals surface area contributed by atoms with Crippen molar-refractivity contribution in [1.82, 2.24) is 25.2 Å². The first-order chi connectivity index (χ1) is 15.7. The molecule has 1 fully saturated rings. The van der Waals surface area contributed by atoms with Gasteiger partial charge in [0.15, 0.2) is 11.5 Å². The molecule has 11 heteroatoms. The maximum atomic E-state index is 13.3. The summed E-state index contributed by atoms with van der Waals surface area (Å²) in [5.74, 6) is 1.39. The molecular weight excluding hydrogens is 448 g/mol. The quantitative estimate of drug-likeness (QED) is 0.465. The van der Waals surface area contributed by atoms with E-state index in [1.54, 1.807) is 30.6 Å². The Labute approximate surface area is 193 Å². The van der Waals surface area contributed by atoms with Crippen molar-refractivity contribution < 1.29 is 14.3 Å². The van der Waals surface area contributed by atoms with E-state index in [2.05, 4.69) is 15.5 Å². The summed E-state index contributed by atoms with van der Waals surface area (Å²) in [6.07, 6.45) is 2.79. The topological polar surface area (TPSA) is 94.7 Å². The average Bonchev–Trinajstić information content (AvgIpc) is 3.23. The zero-order chi connectivity index (χ0) is 22.1. The van der Waals surface area contributed by atoms with Crippen LogP contribution in [0.2, 0.25) is 0 Å². The van der Waals surface area contributed by atoms with Crippen LogP contribution in [0.4, 0.5) is 0 Å². The van der Waals surface area contributed by atoms with E-state index in [1.807, 2.05) is 40.4 Å². The highest BCUT2D eigenvalue weighted by molar-refractivity contribution is 7.99. The monoisotopic (exact) mass is 470 g/mol. The Kier molecular flexibility index (Phi) is 5.83. The van der Waals surface area contributed by atoms with Gasteiger partial charge in [-0.1, -0.05) is 23.9 Å². The fourth-order valence-electron chi connectivity index (χ4n) is 3.67. The van der Waals surface area contributed by atoms with Gasteiger partial charge in [0.2, 0.25) is 5.16 Å². The molecule has 0 bridgehead atoms. The SMILES string of the molecule is COc1ccc([C@@H]2CC(c3cccs3)=NN2C(=O)CSc2nnnn2C2CC2)cc1OC. The minimum atomic E-state index is -0.223. The van der Waals surface area contributed by atoms with Gasteiger partial charge >= 0.3 is 0 Å². The molecule has 0 unspecified atom stereocenters. The van der Waals surface area contributed by atoms with Crippen LogP contribution in [-0.2, 0) is 4.79 Å². The van der Waals surface area contributed by atoms with Crippen LogP contribution >= 0.6 is 23.1 Å². The maximum absolute atomic E-state index is 13.3. The van der Waals surface area contributed by atoms with Gasteiger partial charge in [0.1, 0.15) is 0 Å². The number of rotatable bonds is 8. The maximum Gasteiger partial charge on any atom is 0.253 e. The fourth-order valence-corrected chi connectivity index (χ4v) is 5.19. The number of hydrogen-bond donors (Lipinski definition) is 0. The lowest BCUT2D eigenvalue weighted by Gasteiger charge is -2.22. The number of hydrazone groups is 1. The Bertz CT molecular complexity index is 1140. The van der Waals surface area contributed by atoms with E-state index in [0.717, 1.165) is 29.0 Å². The van der Waals surface area contributed by atoms with Crippen molar-refractivity contribution in [3.8, 4) is 11.5 Å². The lowest BCUT2D eigenvalue weighted by molar-refractivity contribution is -0.130. The van der Waals surface area contributed by atoms with Crippen LogP contribution in [0.3, 0.4) is 0 Å². The molecule has 0 saturated heterocycles. The highest BCUT2D eigenvalue weighted by atomic mass is 32.2. The Hall–Kier alpha value is -2.92. The standard InChI is InChI=1S/C21H22N6O3S2/c1-29-17-8-5-13(10-18(17)30-2)16-11-15(19-4-3-9-31-19)23-27(16)20(28)12-32-21-22-24-25-26(21)14-6-7-14/h3-5,8-10,14,16H,6-7,11-12H2,1-2H3/t16-/m0/s1. The van der Waals surface area contributed by atoms with E-state index in [1.165, 1.54) is 11.8 Å². The number of tetrazole rings is 1. The molecule has 1 aliphatic heterocycles. The number of carbonyl (C=O) groups excluding carboxylic acids is 1. The summed E-state index contributed by atoms with van der Waals surface area (Å²) < 4.78 is 12.7. The highest BCUT2D eigenvalue weighted by Gasteiger charge is 2.34. The minimum absolute atomic E-state index is 0.0910. The first-order valence-corrected chi connectivity index (χ1v) is 12.1. The Balaban J connectivity index is 1.39. The van der Waals surface area contributed by atoms with E-state index >= 15 is 0 Å². The number of nitrogens with zero attached hydrogens (tertiary/aromatic N) is 6. The van der Waals surface area contributed by atoms with Gasteiger partial charge in [0.05, 0.1) is 42.6 Å². The van der Waals surface area contributed by atoms with Gasteiger partial charge in [-0.25, -0.2) is 9.69 Å². The number of methoxy groups -OCH3 is 2. The van der Waals surface area contributed by atoms with Crippen LogP contribution in [0.1, 0.15) is 41.8 Å². The molecule has 1 amide bonds. The van der Waals surface area contributed by atoms with Crippen molar-refractivity contribution in [2.24, 2.45) is 5.10 Å². The molecule has 9 nitrogen and oxygen atoms in total. The summed E-state index contributed by atoms with van der Waals surface area (Å²) in [6.45, 7) is 0. The Morgan fingerprint density at radius 3 is 2.78 bits per heavy atom. The number of benzene rings is 1. The number of carbonyl (C=O) groups is 1. The molecule has 1 aliphatic carbocycles. The van der Waals surface area contributed by atoms with Gasteiger partial charge in [0.25, 0.3) is 5.91 Å². The van der Waals surface area contributed by atoms with Crippen LogP contribution in [0.15, 0.2) is 46.0 Å². The molecule has 2 aromatic heterocycles. The number of aromatic nitrogens is 4. The zero-order valence-corrected chi connectivity index (χ0v) is 19.3. The highest BCUT2D eigenvalue weighted by Crippen LogP contribution is 2.39. The summed E-state index contributed by atoms with van der Waals surface area (Å²) in [6, 6.07) is 9.89. The molecule has 1 atom stereocenters. The molecule has 5 rings (SSSR count). The Morgan fingerprint density at radius 2 is 2.06 bits per heavy atom. The van der Waals surface area contributed by atoms with Crippen LogP contribution in [-0.4, -0.2) is 56.8 Å². The number of ether oxygens (including phenoxy) is 2. The molecule has 3 heterocycles. The summed E-state index contributed by atoms with van der Waals surface area (Å²) >= 11 is 2.97. The lowest BCUT2D eigenvalue weighted by Crippen LogP contribution is -2.28. The molecule has 2 aliphatic rings. The van der Waals surface area contributed by atoms with Crippen molar-refractivity contribution in [1.29, 1.82) is 0 Å². The van der Waals surface area contributed by atoms with Gasteiger partial charge in [-0.15, -0.1) is 16.4 Å². The minimum Gasteiger partial charge on any atom is -0.493 e. The molecule has 1 aromatic carbocycles. The number of thioether (sulfide) groups is 1. The first kappa shape index (κ1) is 21.0. The number of thiophene rings is 1. The second-order valence-corrected chi connectivity index (χ2v) is 9.41. The molecule has 0 spiro atoms. The van der Waals surface area contributed by atoms with Gasteiger partial charge < -0.3 is 9.47 Å². The summed E-state index contributed by atoms with van der Waals surface area (Å²) in [7, 11) is 3.21. The van der Waals surface area contributed by atoms with E-state index in [0.29, 0.717) is 29.1 Å². The van der Waals surface area contributed by atoms with E-state index in [9.17, 15) is 4.79 Å². The van der Waals surface area contributed by atoms with Crippen molar-refractivity contribution in [2.45, 2.75) is 36.5 Å². The van der Waals surface area contributed by atoms with E-state index in [4.69, 9.17) is 14.6 Å². The number of amides is 1. The molecule has 1 saturated carbocycles. The largest absolute Gasteiger partial charge is 0.493 e.